The Morgan fingerprint density at radius 3 is 2.57 bits per heavy atom. The highest BCUT2D eigenvalue weighted by Gasteiger charge is 2.33. The summed E-state index contributed by atoms with van der Waals surface area (Å²) in [5, 5.41) is 30.3. The van der Waals surface area contributed by atoms with Crippen LogP contribution in [-0.2, 0) is 0 Å². The van der Waals surface area contributed by atoms with Crippen LogP contribution in [0.25, 0.3) is 0 Å². The van der Waals surface area contributed by atoms with Gasteiger partial charge in [-0.2, -0.15) is 0 Å². The highest BCUT2D eigenvalue weighted by Crippen LogP contribution is 2.50. The lowest BCUT2D eigenvalue weighted by atomic mass is 9.70. The number of aliphatic hydroxyl groups is 1. The van der Waals surface area contributed by atoms with Gasteiger partial charge in [-0.05, 0) is 75.3 Å². The van der Waals surface area contributed by atoms with Gasteiger partial charge in [0.25, 0.3) is 0 Å². The molecule has 0 saturated carbocycles. The summed E-state index contributed by atoms with van der Waals surface area (Å²) in [7, 11) is 0. The van der Waals surface area contributed by atoms with Gasteiger partial charge in [0.2, 0.25) is 0 Å². The highest BCUT2D eigenvalue weighted by atomic mass is 16.3. The number of aryl methyl sites for hydroxylation is 1. The number of phenols is 2. The molecule has 1 aromatic carbocycles. The lowest BCUT2D eigenvalue weighted by Gasteiger charge is -2.35. The number of hydrogen-bond donors (Lipinski definition) is 3. The third-order valence-electron chi connectivity index (χ3n) is 5.23. The maximum Gasteiger partial charge on any atom is 0.161 e. The molecule has 3 atom stereocenters. The molecule has 0 saturated heterocycles. The minimum Gasteiger partial charge on any atom is -0.504 e. The summed E-state index contributed by atoms with van der Waals surface area (Å²) in [6.07, 6.45) is 6.14. The van der Waals surface area contributed by atoms with Crippen molar-refractivity contribution in [2.75, 3.05) is 6.61 Å². The average Bonchev–Trinajstić information content (AvgIpc) is 2.50. The zero-order chi connectivity index (χ0) is 17.1. The second kappa shape index (κ2) is 7.39. The molecule has 3 nitrogen and oxygen atoms in total. The van der Waals surface area contributed by atoms with Crippen molar-refractivity contribution in [3.8, 4) is 11.5 Å². The molecule has 1 aliphatic rings. The predicted octanol–water partition coefficient (Wildman–Crippen LogP) is 4.74. The predicted molar refractivity (Wildman–Crippen MR) is 94.1 cm³/mol. The van der Waals surface area contributed by atoms with Crippen LogP contribution < -0.4 is 0 Å². The SMILES string of the molecule is CC(C)=CCC[C@H](CO)[C@@H]1CC[C@@H](C)c2c1cc(C)c(O)c2O. The van der Waals surface area contributed by atoms with Crippen LogP contribution in [0.15, 0.2) is 17.7 Å². The van der Waals surface area contributed by atoms with E-state index in [-0.39, 0.29) is 35.9 Å². The fourth-order valence-electron chi connectivity index (χ4n) is 3.88. The molecule has 3 heteroatoms. The van der Waals surface area contributed by atoms with Gasteiger partial charge < -0.3 is 15.3 Å². The van der Waals surface area contributed by atoms with E-state index in [0.29, 0.717) is 5.56 Å². The summed E-state index contributed by atoms with van der Waals surface area (Å²) in [5.41, 5.74) is 4.01. The van der Waals surface area contributed by atoms with Crippen LogP contribution in [-0.4, -0.2) is 21.9 Å². The second-order valence-electron chi connectivity index (χ2n) is 7.28. The molecule has 0 spiro atoms. The van der Waals surface area contributed by atoms with Gasteiger partial charge in [-0.3, -0.25) is 0 Å². The first-order valence-corrected chi connectivity index (χ1v) is 8.66. The third-order valence-corrected chi connectivity index (χ3v) is 5.23. The number of benzene rings is 1. The van der Waals surface area contributed by atoms with Gasteiger partial charge in [0.1, 0.15) is 0 Å². The Balaban J connectivity index is 2.35. The van der Waals surface area contributed by atoms with Crippen LogP contribution in [0.4, 0.5) is 0 Å². The fraction of sp³-hybridized carbons (Fsp3) is 0.600. The molecule has 128 valence electrons. The smallest absolute Gasteiger partial charge is 0.161 e. The van der Waals surface area contributed by atoms with E-state index in [2.05, 4.69) is 26.8 Å². The Kier molecular flexibility index (Phi) is 5.74. The van der Waals surface area contributed by atoms with Crippen LogP contribution in [0.5, 0.6) is 11.5 Å². The first-order valence-electron chi connectivity index (χ1n) is 8.66. The van der Waals surface area contributed by atoms with Crippen molar-refractivity contribution < 1.29 is 15.3 Å². The van der Waals surface area contributed by atoms with Crippen molar-refractivity contribution in [2.24, 2.45) is 5.92 Å². The zero-order valence-corrected chi connectivity index (χ0v) is 14.8. The van der Waals surface area contributed by atoms with Gasteiger partial charge >= 0.3 is 0 Å². The van der Waals surface area contributed by atoms with E-state index in [9.17, 15) is 15.3 Å². The molecule has 0 aliphatic heterocycles. The number of hydrogen-bond acceptors (Lipinski definition) is 3. The van der Waals surface area contributed by atoms with Crippen LogP contribution in [0.1, 0.15) is 75.0 Å². The van der Waals surface area contributed by atoms with Gasteiger partial charge in [-0.25, -0.2) is 0 Å². The number of fused-ring (bicyclic) bond motifs is 1. The van der Waals surface area contributed by atoms with Crippen molar-refractivity contribution >= 4 is 0 Å². The van der Waals surface area contributed by atoms with Crippen LogP contribution in [0.2, 0.25) is 0 Å². The van der Waals surface area contributed by atoms with E-state index < -0.39 is 0 Å². The minimum absolute atomic E-state index is 0.00124. The standard InChI is InChI=1S/C20H30O3/c1-12(2)6-5-7-15(11-21)16-9-8-13(3)18-17(16)10-14(4)19(22)20(18)23/h6,10,13,15-16,21-23H,5,7-9,11H2,1-4H3/t13-,15-,16+/m1/s1. The fourth-order valence-corrected chi connectivity index (χ4v) is 3.88. The summed E-state index contributed by atoms with van der Waals surface area (Å²) < 4.78 is 0. The molecule has 0 fully saturated rings. The summed E-state index contributed by atoms with van der Waals surface area (Å²) in [6, 6.07) is 2.01. The van der Waals surface area contributed by atoms with Crippen LogP contribution in [0, 0.1) is 12.8 Å². The minimum atomic E-state index is 0.00124. The van der Waals surface area contributed by atoms with Crippen molar-refractivity contribution in [2.45, 2.75) is 65.2 Å². The van der Waals surface area contributed by atoms with E-state index in [1.54, 1.807) is 0 Å². The Morgan fingerprint density at radius 2 is 1.96 bits per heavy atom. The number of rotatable bonds is 5. The Hall–Kier alpha value is -1.48. The monoisotopic (exact) mass is 318 g/mol. The molecule has 0 bridgehead atoms. The molecule has 1 aliphatic carbocycles. The molecule has 1 aromatic rings. The molecule has 23 heavy (non-hydrogen) atoms. The Bertz CT molecular complexity index is 585. The van der Waals surface area contributed by atoms with Gasteiger partial charge in [-0.1, -0.05) is 24.6 Å². The number of aliphatic hydroxyl groups excluding tert-OH is 1. The molecule has 3 N–H and O–H groups in total. The Labute approximate surface area is 139 Å². The van der Waals surface area contributed by atoms with E-state index in [1.165, 1.54) is 5.57 Å². The van der Waals surface area contributed by atoms with E-state index in [0.717, 1.165) is 36.8 Å². The molecule has 0 aromatic heterocycles. The van der Waals surface area contributed by atoms with Crippen molar-refractivity contribution in [3.05, 3.63) is 34.4 Å². The molecule has 2 rings (SSSR count). The van der Waals surface area contributed by atoms with E-state index >= 15 is 0 Å². The number of aromatic hydroxyl groups is 2. The second-order valence-corrected chi connectivity index (χ2v) is 7.28. The number of allylic oxidation sites excluding steroid dienone is 2. The maximum absolute atomic E-state index is 10.4. The topological polar surface area (TPSA) is 60.7 Å². The Morgan fingerprint density at radius 1 is 1.26 bits per heavy atom. The van der Waals surface area contributed by atoms with Crippen LogP contribution in [0.3, 0.4) is 0 Å². The zero-order valence-electron chi connectivity index (χ0n) is 14.8. The maximum atomic E-state index is 10.4. The van der Waals surface area contributed by atoms with Gasteiger partial charge in [0.15, 0.2) is 11.5 Å². The van der Waals surface area contributed by atoms with Crippen molar-refractivity contribution in [1.29, 1.82) is 0 Å². The normalized spacial score (nSPS) is 21.6. The average molecular weight is 318 g/mol. The lowest BCUT2D eigenvalue weighted by Crippen LogP contribution is -2.23. The van der Waals surface area contributed by atoms with E-state index in [1.807, 2.05) is 13.0 Å². The first-order chi connectivity index (χ1) is 10.9. The van der Waals surface area contributed by atoms with Gasteiger partial charge in [-0.15, -0.1) is 0 Å². The third kappa shape index (κ3) is 3.72. The molecule has 0 radical (unpaired) electrons. The molecular weight excluding hydrogens is 288 g/mol. The molecule has 0 unspecified atom stereocenters. The lowest BCUT2D eigenvalue weighted by molar-refractivity contribution is 0.185. The highest BCUT2D eigenvalue weighted by molar-refractivity contribution is 5.56. The summed E-state index contributed by atoms with van der Waals surface area (Å²) in [6.45, 7) is 8.27. The first kappa shape index (κ1) is 17.9. The quantitative estimate of drug-likeness (QED) is 0.543. The van der Waals surface area contributed by atoms with Crippen LogP contribution >= 0.6 is 0 Å². The summed E-state index contributed by atoms with van der Waals surface area (Å²) in [4.78, 5) is 0. The largest absolute Gasteiger partial charge is 0.504 e. The van der Waals surface area contributed by atoms with Crippen molar-refractivity contribution in [3.63, 3.8) is 0 Å². The van der Waals surface area contributed by atoms with E-state index in [4.69, 9.17) is 0 Å². The summed E-state index contributed by atoms with van der Waals surface area (Å²) >= 11 is 0. The van der Waals surface area contributed by atoms with Crippen molar-refractivity contribution in [1.82, 2.24) is 0 Å². The van der Waals surface area contributed by atoms with Gasteiger partial charge in [0.05, 0.1) is 0 Å². The molecular formula is C20H30O3. The summed E-state index contributed by atoms with van der Waals surface area (Å²) in [5.74, 6) is 0.728. The molecule has 0 amide bonds. The number of phenolic OH excluding ortho intramolecular Hbond substituents is 2. The van der Waals surface area contributed by atoms with Gasteiger partial charge in [0, 0.05) is 12.2 Å². The molecule has 0 heterocycles.